The van der Waals surface area contributed by atoms with Gasteiger partial charge in [-0.25, -0.2) is 4.39 Å². The lowest BCUT2D eigenvalue weighted by Gasteiger charge is -2.16. The van der Waals surface area contributed by atoms with Crippen molar-refractivity contribution in [2.24, 2.45) is 0 Å². The van der Waals surface area contributed by atoms with Crippen LogP contribution in [0.5, 0.6) is 0 Å². The van der Waals surface area contributed by atoms with Gasteiger partial charge in [0.25, 0.3) is 0 Å². The van der Waals surface area contributed by atoms with E-state index in [1.165, 1.54) is 13.0 Å². The zero-order valence-corrected chi connectivity index (χ0v) is 13.8. The van der Waals surface area contributed by atoms with Gasteiger partial charge >= 0.3 is 0 Å². The number of rotatable bonds is 2. The third kappa shape index (κ3) is 10.9. The first-order valence-corrected chi connectivity index (χ1v) is 6.96. The summed E-state index contributed by atoms with van der Waals surface area (Å²) in [7, 11) is 0. The van der Waals surface area contributed by atoms with Gasteiger partial charge in [0.1, 0.15) is 5.82 Å². The fraction of sp³-hybridized carbons (Fsp3) is 0.467. The zero-order valence-electron chi connectivity index (χ0n) is 13.0. The number of amides is 1. The number of thiocarbonyl (C=S) groups is 1. The predicted molar refractivity (Wildman–Crippen MR) is 86.3 cm³/mol. The highest BCUT2D eigenvalue weighted by Crippen LogP contribution is 2.15. The van der Waals surface area contributed by atoms with Gasteiger partial charge in [-0.05, 0) is 46.0 Å². The second-order valence-electron chi connectivity index (χ2n) is 5.57. The van der Waals surface area contributed by atoms with Gasteiger partial charge in [-0.2, -0.15) is 0 Å². The molecule has 1 aromatic carbocycles. The Morgan fingerprint density at radius 1 is 1.33 bits per heavy atom. The molecule has 0 fully saturated rings. The van der Waals surface area contributed by atoms with Crippen LogP contribution in [0.25, 0.3) is 0 Å². The molecule has 0 spiro atoms. The van der Waals surface area contributed by atoms with E-state index in [0.717, 1.165) is 0 Å². The third-order valence-electron chi connectivity index (χ3n) is 2.01. The molecule has 0 saturated carbocycles. The van der Waals surface area contributed by atoms with Gasteiger partial charge in [0.15, 0.2) is 5.11 Å². The van der Waals surface area contributed by atoms with Gasteiger partial charge in [-0.1, -0.05) is 18.2 Å². The number of hydrogen-bond acceptors (Lipinski definition) is 3. The molecule has 0 aliphatic carbocycles. The van der Waals surface area contributed by atoms with Crippen molar-refractivity contribution in [3.63, 3.8) is 0 Å². The Morgan fingerprint density at radius 3 is 2.24 bits per heavy atom. The van der Waals surface area contributed by atoms with Crippen LogP contribution in [0.15, 0.2) is 24.3 Å². The van der Waals surface area contributed by atoms with Gasteiger partial charge in [-0.15, -0.1) is 0 Å². The molecule has 0 unspecified atom stereocenters. The molecule has 1 rings (SSSR count). The van der Waals surface area contributed by atoms with Crippen LogP contribution in [0.4, 0.5) is 4.39 Å². The van der Waals surface area contributed by atoms with Crippen molar-refractivity contribution < 1.29 is 14.3 Å². The highest BCUT2D eigenvalue weighted by molar-refractivity contribution is 7.80. The van der Waals surface area contributed by atoms with Crippen molar-refractivity contribution in [2.45, 2.75) is 46.3 Å². The molecule has 21 heavy (non-hydrogen) atoms. The normalized spacial score (nSPS) is 11.8. The van der Waals surface area contributed by atoms with Crippen LogP contribution in [-0.2, 0) is 4.79 Å². The molecule has 118 valence electrons. The largest absolute Gasteiger partial charge is 0.391 e. The summed E-state index contributed by atoms with van der Waals surface area (Å²) in [6.07, 6.45) is 0. The molecule has 0 heterocycles. The molecular formula is C15H23FN2O2S. The zero-order chi connectivity index (χ0) is 16.6. The van der Waals surface area contributed by atoms with E-state index in [1.807, 2.05) is 0 Å². The average Bonchev–Trinajstić information content (AvgIpc) is 2.25. The fourth-order valence-electron chi connectivity index (χ4n) is 1.30. The van der Waals surface area contributed by atoms with E-state index in [4.69, 9.17) is 17.3 Å². The summed E-state index contributed by atoms with van der Waals surface area (Å²) < 4.78 is 13.4. The second-order valence-corrected chi connectivity index (χ2v) is 5.98. The molecule has 0 aliphatic rings. The first-order chi connectivity index (χ1) is 9.50. The summed E-state index contributed by atoms with van der Waals surface area (Å²) in [6, 6.07) is 6.13. The second kappa shape index (κ2) is 8.69. The number of benzene rings is 1. The van der Waals surface area contributed by atoms with Gasteiger partial charge in [0.05, 0.1) is 11.6 Å². The summed E-state index contributed by atoms with van der Waals surface area (Å²) in [5.74, 6) is -0.550. The fourth-order valence-corrected chi connectivity index (χ4v) is 1.62. The van der Waals surface area contributed by atoms with Gasteiger partial charge in [-0.3, -0.25) is 4.79 Å². The Bertz CT molecular complexity index is 481. The number of halogens is 1. The molecule has 1 aromatic rings. The van der Waals surface area contributed by atoms with E-state index in [0.29, 0.717) is 5.56 Å². The van der Waals surface area contributed by atoms with E-state index in [1.54, 1.807) is 45.9 Å². The van der Waals surface area contributed by atoms with Crippen LogP contribution < -0.4 is 10.6 Å². The minimum absolute atomic E-state index is 0.197. The van der Waals surface area contributed by atoms with Crippen LogP contribution in [0, 0.1) is 5.82 Å². The molecule has 1 atom stereocenters. The number of carbonyl (C=O) groups is 1. The van der Waals surface area contributed by atoms with Crippen LogP contribution in [0.2, 0.25) is 0 Å². The predicted octanol–water partition coefficient (Wildman–Crippen LogP) is 2.67. The van der Waals surface area contributed by atoms with Crippen LogP contribution >= 0.6 is 12.2 Å². The summed E-state index contributed by atoms with van der Waals surface area (Å²) in [5, 5.41) is 14.0. The highest BCUT2D eigenvalue weighted by atomic mass is 32.1. The van der Waals surface area contributed by atoms with Crippen molar-refractivity contribution in [3.8, 4) is 0 Å². The van der Waals surface area contributed by atoms with Crippen molar-refractivity contribution in [1.82, 2.24) is 10.6 Å². The third-order valence-corrected chi connectivity index (χ3v) is 2.23. The first-order valence-electron chi connectivity index (χ1n) is 6.55. The minimum atomic E-state index is -0.500. The van der Waals surface area contributed by atoms with Gasteiger partial charge in [0.2, 0.25) is 5.91 Å². The minimum Gasteiger partial charge on any atom is -0.391 e. The molecule has 0 radical (unpaired) electrons. The molecule has 3 N–H and O–H groups in total. The van der Waals surface area contributed by atoms with Crippen molar-refractivity contribution in [3.05, 3.63) is 35.6 Å². The molecule has 0 saturated heterocycles. The van der Waals surface area contributed by atoms with E-state index in [9.17, 15) is 9.18 Å². The Balaban J connectivity index is 0.000000690. The van der Waals surface area contributed by atoms with E-state index >= 15 is 0 Å². The molecular weight excluding hydrogens is 291 g/mol. The Morgan fingerprint density at radius 2 is 1.81 bits per heavy atom. The van der Waals surface area contributed by atoms with Gasteiger partial charge < -0.3 is 15.7 Å². The Labute approximate surface area is 130 Å². The molecule has 0 bridgehead atoms. The number of aliphatic hydroxyl groups is 1. The number of carbonyl (C=O) groups excluding carboxylic acids is 1. The van der Waals surface area contributed by atoms with Gasteiger partial charge in [0, 0.05) is 12.5 Å². The average molecular weight is 314 g/mol. The summed E-state index contributed by atoms with van der Waals surface area (Å²) in [4.78, 5) is 10.7. The van der Waals surface area contributed by atoms with Crippen LogP contribution in [-0.4, -0.2) is 21.7 Å². The standard InChI is InChI=1S/C11H13FN2OS.C4H10O/c1-7(13-11(16)14-8(2)15)9-5-3-4-6-10(9)12;1-4(2,3)5/h3-7H,1-2H3,(H2,13,14,15,16);5H,1-3H3/t7-;/m0./s1. The van der Waals surface area contributed by atoms with Crippen LogP contribution in [0.1, 0.15) is 46.2 Å². The molecule has 4 nitrogen and oxygen atoms in total. The number of hydrogen-bond donors (Lipinski definition) is 3. The van der Waals surface area contributed by atoms with E-state index < -0.39 is 5.60 Å². The maximum absolute atomic E-state index is 13.4. The lowest BCUT2D eigenvalue weighted by Crippen LogP contribution is -2.39. The Kier molecular flexibility index (Phi) is 8.06. The van der Waals surface area contributed by atoms with E-state index in [-0.39, 0.29) is 22.9 Å². The quantitative estimate of drug-likeness (QED) is 0.735. The molecule has 0 aliphatic heterocycles. The highest BCUT2D eigenvalue weighted by Gasteiger charge is 2.11. The first kappa shape index (κ1) is 19.5. The monoisotopic (exact) mass is 314 g/mol. The number of nitrogens with one attached hydrogen (secondary N) is 2. The summed E-state index contributed by atoms with van der Waals surface area (Å²) >= 11 is 4.88. The van der Waals surface area contributed by atoms with E-state index in [2.05, 4.69) is 10.6 Å². The molecule has 6 heteroatoms. The SMILES string of the molecule is CC(=O)NC(=S)N[C@@H](C)c1ccccc1F.CC(C)(C)O. The molecule has 1 amide bonds. The maximum atomic E-state index is 13.4. The molecule has 0 aromatic heterocycles. The lowest BCUT2D eigenvalue weighted by atomic mass is 10.1. The van der Waals surface area contributed by atoms with Crippen molar-refractivity contribution in [1.29, 1.82) is 0 Å². The van der Waals surface area contributed by atoms with Crippen molar-refractivity contribution >= 4 is 23.2 Å². The maximum Gasteiger partial charge on any atom is 0.222 e. The topological polar surface area (TPSA) is 61.4 Å². The smallest absolute Gasteiger partial charge is 0.222 e. The Hall–Kier alpha value is -1.53. The van der Waals surface area contributed by atoms with Crippen molar-refractivity contribution in [2.75, 3.05) is 0 Å². The summed E-state index contributed by atoms with van der Waals surface area (Å²) in [6.45, 7) is 8.36. The lowest BCUT2D eigenvalue weighted by molar-refractivity contribution is -0.117. The van der Waals surface area contributed by atoms with Crippen LogP contribution in [0.3, 0.4) is 0 Å². The summed E-state index contributed by atoms with van der Waals surface area (Å²) in [5.41, 5.74) is 0.00945.